The summed E-state index contributed by atoms with van der Waals surface area (Å²) in [5.41, 5.74) is 0.597. The van der Waals surface area contributed by atoms with Gasteiger partial charge in [0.1, 0.15) is 5.69 Å². The molecule has 0 spiro atoms. The normalized spacial score (nSPS) is 18.7. The van der Waals surface area contributed by atoms with Crippen molar-refractivity contribution in [1.82, 2.24) is 4.90 Å². The zero-order valence-electron chi connectivity index (χ0n) is 11.8. The molecule has 2 rings (SSSR count). The van der Waals surface area contributed by atoms with E-state index in [2.05, 4.69) is 12.2 Å². The fourth-order valence-corrected chi connectivity index (χ4v) is 2.68. The van der Waals surface area contributed by atoms with Crippen molar-refractivity contribution < 1.29 is 9.72 Å². The summed E-state index contributed by atoms with van der Waals surface area (Å²) in [5.74, 6) is 0.342. The Balaban J connectivity index is 2.34. The van der Waals surface area contributed by atoms with Crippen LogP contribution in [0.5, 0.6) is 0 Å². The first kappa shape index (κ1) is 14.3. The van der Waals surface area contributed by atoms with Crippen LogP contribution in [0.3, 0.4) is 0 Å². The Morgan fingerprint density at radius 2 is 2.25 bits per heavy atom. The summed E-state index contributed by atoms with van der Waals surface area (Å²) in [6.07, 6.45) is 2.11. The van der Waals surface area contributed by atoms with E-state index in [1.807, 2.05) is 0 Å². The monoisotopic (exact) mass is 277 g/mol. The molecule has 0 aliphatic carbocycles. The molecule has 1 fully saturated rings. The lowest BCUT2D eigenvalue weighted by Crippen LogP contribution is -2.39. The molecule has 0 radical (unpaired) electrons. The number of hydrogen-bond acceptors (Lipinski definition) is 4. The largest absolute Gasteiger partial charge is 0.382 e. The number of hydrogen-bond donors (Lipinski definition) is 1. The van der Waals surface area contributed by atoms with Crippen LogP contribution in [0.15, 0.2) is 18.2 Å². The molecule has 6 heteroatoms. The molecule has 20 heavy (non-hydrogen) atoms. The van der Waals surface area contributed by atoms with Gasteiger partial charge in [-0.1, -0.05) is 13.0 Å². The predicted molar refractivity (Wildman–Crippen MR) is 76.9 cm³/mol. The Hall–Kier alpha value is -2.11. The van der Waals surface area contributed by atoms with E-state index < -0.39 is 4.92 Å². The lowest BCUT2D eigenvalue weighted by molar-refractivity contribution is -0.384. The molecule has 6 nitrogen and oxygen atoms in total. The van der Waals surface area contributed by atoms with Gasteiger partial charge in [-0.25, -0.2) is 0 Å². The maximum atomic E-state index is 12.6. The Kier molecular flexibility index (Phi) is 4.22. The maximum absolute atomic E-state index is 12.6. The Morgan fingerprint density at radius 3 is 2.85 bits per heavy atom. The fourth-order valence-electron chi connectivity index (χ4n) is 2.68. The Labute approximate surface area is 117 Å². The number of nitrogens with zero attached hydrogens (tertiary/aromatic N) is 2. The van der Waals surface area contributed by atoms with Gasteiger partial charge >= 0.3 is 0 Å². The van der Waals surface area contributed by atoms with Gasteiger partial charge in [0.05, 0.1) is 10.5 Å². The first-order valence-electron chi connectivity index (χ1n) is 6.79. The highest BCUT2D eigenvalue weighted by Gasteiger charge is 2.26. The van der Waals surface area contributed by atoms with E-state index in [1.54, 1.807) is 24.1 Å². The molecular weight excluding hydrogens is 258 g/mol. The zero-order valence-corrected chi connectivity index (χ0v) is 11.8. The first-order chi connectivity index (χ1) is 9.54. The Morgan fingerprint density at radius 1 is 1.50 bits per heavy atom. The number of amides is 1. The van der Waals surface area contributed by atoms with Gasteiger partial charge in [0, 0.05) is 26.2 Å². The third-order valence-corrected chi connectivity index (χ3v) is 3.66. The molecule has 0 aromatic heterocycles. The first-order valence-corrected chi connectivity index (χ1v) is 6.79. The molecule has 1 aliphatic rings. The molecule has 1 aromatic rings. The second-order valence-electron chi connectivity index (χ2n) is 5.21. The number of para-hydroxylation sites is 1. The van der Waals surface area contributed by atoms with Crippen molar-refractivity contribution in [2.24, 2.45) is 5.92 Å². The van der Waals surface area contributed by atoms with E-state index >= 15 is 0 Å². The second-order valence-corrected chi connectivity index (χ2v) is 5.21. The van der Waals surface area contributed by atoms with Gasteiger partial charge in [0.25, 0.3) is 11.6 Å². The smallest absolute Gasteiger partial charge is 0.293 e. The fraction of sp³-hybridized carbons (Fsp3) is 0.500. The van der Waals surface area contributed by atoms with Crippen LogP contribution in [0.1, 0.15) is 30.1 Å². The van der Waals surface area contributed by atoms with E-state index in [9.17, 15) is 14.9 Å². The van der Waals surface area contributed by atoms with Crippen molar-refractivity contribution in [3.05, 3.63) is 33.9 Å². The van der Waals surface area contributed by atoms with Crippen LogP contribution in [0.2, 0.25) is 0 Å². The Bertz CT molecular complexity index is 530. The number of benzene rings is 1. The van der Waals surface area contributed by atoms with Crippen LogP contribution >= 0.6 is 0 Å². The highest BCUT2D eigenvalue weighted by Crippen LogP contribution is 2.29. The topological polar surface area (TPSA) is 75.5 Å². The third-order valence-electron chi connectivity index (χ3n) is 3.66. The van der Waals surface area contributed by atoms with Crippen LogP contribution in [-0.2, 0) is 0 Å². The molecule has 1 aromatic carbocycles. The number of rotatable bonds is 3. The van der Waals surface area contributed by atoms with Gasteiger partial charge in [-0.05, 0) is 24.8 Å². The van der Waals surface area contributed by atoms with Gasteiger partial charge < -0.3 is 10.2 Å². The highest BCUT2D eigenvalue weighted by molar-refractivity contribution is 6.01. The predicted octanol–water partition coefficient (Wildman–Crippen LogP) is 2.51. The van der Waals surface area contributed by atoms with E-state index in [0.29, 0.717) is 23.7 Å². The van der Waals surface area contributed by atoms with Crippen molar-refractivity contribution in [2.75, 3.05) is 25.5 Å². The van der Waals surface area contributed by atoms with Crippen molar-refractivity contribution >= 4 is 17.3 Å². The van der Waals surface area contributed by atoms with E-state index in [4.69, 9.17) is 0 Å². The second kappa shape index (κ2) is 5.90. The van der Waals surface area contributed by atoms with Crippen LogP contribution in [0.4, 0.5) is 11.4 Å². The number of anilines is 1. The van der Waals surface area contributed by atoms with Crippen LogP contribution < -0.4 is 5.32 Å². The molecule has 0 saturated carbocycles. The quantitative estimate of drug-likeness (QED) is 0.680. The van der Waals surface area contributed by atoms with E-state index in [1.165, 1.54) is 6.07 Å². The molecular formula is C14H19N3O3. The third kappa shape index (κ3) is 2.74. The minimum absolute atomic E-state index is 0.0663. The molecule has 1 unspecified atom stereocenters. The summed E-state index contributed by atoms with van der Waals surface area (Å²) < 4.78 is 0. The number of nitro groups is 1. The van der Waals surface area contributed by atoms with Crippen molar-refractivity contribution in [1.29, 1.82) is 0 Å². The molecule has 0 bridgehead atoms. The molecule has 1 amide bonds. The van der Waals surface area contributed by atoms with Crippen LogP contribution in [0.25, 0.3) is 0 Å². The van der Waals surface area contributed by atoms with Crippen LogP contribution in [0, 0.1) is 16.0 Å². The number of nitrogens with one attached hydrogen (secondary N) is 1. The highest BCUT2D eigenvalue weighted by atomic mass is 16.6. The van der Waals surface area contributed by atoms with Gasteiger partial charge in [-0.3, -0.25) is 14.9 Å². The molecule has 1 atom stereocenters. The number of likely N-dealkylation sites (tertiary alicyclic amines) is 1. The average Bonchev–Trinajstić information content (AvgIpc) is 2.45. The van der Waals surface area contributed by atoms with Gasteiger partial charge in [0.2, 0.25) is 0 Å². The van der Waals surface area contributed by atoms with E-state index in [-0.39, 0.29) is 11.6 Å². The van der Waals surface area contributed by atoms with E-state index in [0.717, 1.165) is 19.4 Å². The van der Waals surface area contributed by atoms with Gasteiger partial charge in [-0.2, -0.15) is 0 Å². The number of piperidine rings is 1. The summed E-state index contributed by atoms with van der Waals surface area (Å²) in [5, 5.41) is 13.8. The van der Waals surface area contributed by atoms with Crippen LogP contribution in [-0.4, -0.2) is 35.9 Å². The van der Waals surface area contributed by atoms with Crippen molar-refractivity contribution in [2.45, 2.75) is 19.8 Å². The lowest BCUT2D eigenvalue weighted by Gasteiger charge is -2.31. The summed E-state index contributed by atoms with van der Waals surface area (Å²) in [7, 11) is 1.60. The molecule has 1 heterocycles. The summed E-state index contributed by atoms with van der Waals surface area (Å²) in [6.45, 7) is 3.55. The number of nitro benzene ring substituents is 1. The standard InChI is InChI=1S/C14H19N3O3/c1-10-5-4-8-16(9-10)14(18)11-6-3-7-12(17(19)20)13(11)15-2/h3,6-7,10,15H,4-5,8-9H2,1-2H3. The summed E-state index contributed by atoms with van der Waals surface area (Å²) >= 11 is 0. The summed E-state index contributed by atoms with van der Waals surface area (Å²) in [6, 6.07) is 4.60. The summed E-state index contributed by atoms with van der Waals surface area (Å²) in [4.78, 5) is 24.9. The average molecular weight is 277 g/mol. The van der Waals surface area contributed by atoms with Gasteiger partial charge in [0.15, 0.2) is 0 Å². The number of carbonyl (C=O) groups excluding carboxylic acids is 1. The zero-order chi connectivity index (χ0) is 14.7. The molecule has 1 aliphatic heterocycles. The molecule has 1 N–H and O–H groups in total. The SMILES string of the molecule is CNc1c(C(=O)N2CCCC(C)C2)cccc1[N+](=O)[O-]. The maximum Gasteiger partial charge on any atom is 0.293 e. The number of carbonyl (C=O) groups is 1. The lowest BCUT2D eigenvalue weighted by atomic mass is 9.99. The minimum atomic E-state index is -0.471. The molecule has 1 saturated heterocycles. The van der Waals surface area contributed by atoms with Crippen molar-refractivity contribution in [3.63, 3.8) is 0 Å². The molecule has 108 valence electrons. The van der Waals surface area contributed by atoms with Gasteiger partial charge in [-0.15, -0.1) is 0 Å². The van der Waals surface area contributed by atoms with Crippen molar-refractivity contribution in [3.8, 4) is 0 Å². The minimum Gasteiger partial charge on any atom is -0.382 e.